The molecule has 1 fully saturated rings. The van der Waals surface area contributed by atoms with E-state index in [1.54, 1.807) is 14.2 Å². The molecule has 0 aromatic heterocycles. The Hall–Kier alpha value is -1.94. The number of rotatable bonds is 2. The number of nitrogens with zero attached hydrogens (tertiary/aromatic N) is 1. The van der Waals surface area contributed by atoms with E-state index in [-0.39, 0.29) is 5.41 Å². The van der Waals surface area contributed by atoms with E-state index >= 15 is 0 Å². The summed E-state index contributed by atoms with van der Waals surface area (Å²) >= 11 is 0. The summed E-state index contributed by atoms with van der Waals surface area (Å²) in [5, 5.41) is 0. The Morgan fingerprint density at radius 1 is 1.25 bits per heavy atom. The van der Waals surface area contributed by atoms with Gasteiger partial charge in [-0.05, 0) is 56.6 Å². The number of methoxy groups -OCH3 is 2. The summed E-state index contributed by atoms with van der Waals surface area (Å²) in [5.74, 6) is 2.67. The van der Waals surface area contributed by atoms with Gasteiger partial charge >= 0.3 is 0 Å². The number of benzene rings is 1. The fourth-order valence-corrected chi connectivity index (χ4v) is 5.45. The van der Waals surface area contributed by atoms with Crippen molar-refractivity contribution in [2.75, 3.05) is 27.8 Å². The fraction of sp³-hybridized carbons (Fsp3) is 0.500. The molecule has 1 saturated heterocycles. The summed E-state index contributed by atoms with van der Waals surface area (Å²) in [5.41, 5.74) is 3.68. The van der Waals surface area contributed by atoms with Gasteiger partial charge in [0.25, 0.3) is 0 Å². The van der Waals surface area contributed by atoms with Crippen LogP contribution >= 0.6 is 0 Å². The third-order valence-corrected chi connectivity index (χ3v) is 6.60. The molecule has 2 aliphatic heterocycles. The lowest BCUT2D eigenvalue weighted by Crippen LogP contribution is -2.62. The minimum Gasteiger partial charge on any atom is -0.497 e. The molecule has 0 saturated carbocycles. The van der Waals surface area contributed by atoms with Gasteiger partial charge < -0.3 is 14.2 Å². The molecule has 1 spiro atoms. The molecule has 5 rings (SSSR count). The quantitative estimate of drug-likeness (QED) is 0.837. The first-order valence-corrected chi connectivity index (χ1v) is 8.62. The molecule has 126 valence electrons. The zero-order valence-corrected chi connectivity index (χ0v) is 14.7. The molecular weight excluding hydrogens is 302 g/mol. The Bertz CT molecular complexity index is 811. The monoisotopic (exact) mass is 325 g/mol. The zero-order chi connectivity index (χ0) is 16.7. The third-order valence-electron chi connectivity index (χ3n) is 6.60. The van der Waals surface area contributed by atoms with Gasteiger partial charge in [0, 0.05) is 17.7 Å². The molecule has 0 N–H and O–H groups in total. The van der Waals surface area contributed by atoms with E-state index in [2.05, 4.69) is 43.2 Å². The summed E-state index contributed by atoms with van der Waals surface area (Å²) in [6.45, 7) is 3.28. The summed E-state index contributed by atoms with van der Waals surface area (Å²) < 4.78 is 17.9. The minimum atomic E-state index is -0.423. The van der Waals surface area contributed by atoms with E-state index in [1.807, 2.05) is 0 Å². The van der Waals surface area contributed by atoms with Crippen molar-refractivity contribution in [2.45, 2.75) is 36.8 Å². The summed E-state index contributed by atoms with van der Waals surface area (Å²) in [4.78, 5) is 2.47. The number of hydrogen-bond acceptors (Lipinski definition) is 4. The molecule has 1 aromatic rings. The van der Waals surface area contributed by atoms with Crippen molar-refractivity contribution in [1.82, 2.24) is 4.90 Å². The molecular formula is C20H23NO3. The summed E-state index contributed by atoms with van der Waals surface area (Å²) in [7, 11) is 5.68. The number of hydrogen-bond donors (Lipinski definition) is 0. The molecule has 4 aliphatic rings. The summed E-state index contributed by atoms with van der Waals surface area (Å²) in [6.07, 6.45) is 6.49. The minimum absolute atomic E-state index is 0.0936. The van der Waals surface area contributed by atoms with Gasteiger partial charge in [-0.25, -0.2) is 0 Å². The molecule has 0 radical (unpaired) electrons. The molecule has 4 nitrogen and oxygen atoms in total. The molecule has 24 heavy (non-hydrogen) atoms. The van der Waals surface area contributed by atoms with Gasteiger partial charge in [-0.2, -0.15) is 0 Å². The van der Waals surface area contributed by atoms with Gasteiger partial charge in [-0.3, -0.25) is 4.90 Å². The van der Waals surface area contributed by atoms with Crippen molar-refractivity contribution < 1.29 is 14.2 Å². The lowest BCUT2D eigenvalue weighted by molar-refractivity contribution is 0.0446. The van der Waals surface area contributed by atoms with Crippen molar-refractivity contribution >= 4 is 0 Å². The van der Waals surface area contributed by atoms with E-state index in [4.69, 9.17) is 14.2 Å². The first-order chi connectivity index (χ1) is 11.5. The van der Waals surface area contributed by atoms with Crippen LogP contribution in [0.25, 0.3) is 0 Å². The van der Waals surface area contributed by atoms with E-state index in [0.29, 0.717) is 6.04 Å². The molecule has 2 bridgehead atoms. The third kappa shape index (κ3) is 1.40. The van der Waals surface area contributed by atoms with Gasteiger partial charge in [0.1, 0.15) is 11.4 Å². The fourth-order valence-electron chi connectivity index (χ4n) is 5.45. The SMILES string of the molecule is COC1=C[C@]2(C)Oc3c(OC)ccc4c3[C@]23CCN(C)[C@H](C4)C3=C1. The van der Waals surface area contributed by atoms with Crippen molar-refractivity contribution in [3.63, 3.8) is 0 Å². The van der Waals surface area contributed by atoms with Crippen LogP contribution in [0.2, 0.25) is 0 Å². The van der Waals surface area contributed by atoms with Gasteiger partial charge in [0.2, 0.25) is 0 Å². The van der Waals surface area contributed by atoms with E-state index in [9.17, 15) is 0 Å². The number of piperidine rings is 1. The Morgan fingerprint density at radius 3 is 2.83 bits per heavy atom. The number of likely N-dealkylation sites (N-methyl/N-ethyl adjacent to an activating group) is 1. The molecule has 1 aromatic carbocycles. The summed E-state index contributed by atoms with van der Waals surface area (Å²) in [6, 6.07) is 4.69. The average molecular weight is 325 g/mol. The number of likely N-dealkylation sites (tertiary alicyclic amines) is 1. The van der Waals surface area contributed by atoms with Crippen molar-refractivity contribution in [1.29, 1.82) is 0 Å². The van der Waals surface area contributed by atoms with Gasteiger partial charge in [-0.1, -0.05) is 6.07 Å². The highest BCUT2D eigenvalue weighted by Crippen LogP contribution is 2.65. The second kappa shape index (κ2) is 4.37. The van der Waals surface area contributed by atoms with Crippen LogP contribution in [0, 0.1) is 0 Å². The van der Waals surface area contributed by atoms with E-state index in [0.717, 1.165) is 36.6 Å². The molecule has 0 unspecified atom stereocenters. The second-order valence-electron chi connectivity index (χ2n) is 7.55. The van der Waals surface area contributed by atoms with Crippen molar-refractivity contribution in [3.05, 3.63) is 46.7 Å². The van der Waals surface area contributed by atoms with E-state index in [1.165, 1.54) is 16.7 Å². The molecule has 3 atom stereocenters. The lowest BCUT2D eigenvalue weighted by Gasteiger charge is -2.55. The van der Waals surface area contributed by atoms with Gasteiger partial charge in [-0.15, -0.1) is 0 Å². The van der Waals surface area contributed by atoms with Crippen LogP contribution in [0.15, 0.2) is 35.6 Å². The Labute approximate surface area is 142 Å². The maximum Gasteiger partial charge on any atom is 0.167 e. The second-order valence-corrected chi connectivity index (χ2v) is 7.55. The first kappa shape index (κ1) is 14.4. The number of ether oxygens (including phenoxy) is 3. The molecule has 2 aliphatic carbocycles. The zero-order valence-electron chi connectivity index (χ0n) is 14.7. The average Bonchev–Trinajstić information content (AvgIpc) is 2.84. The smallest absolute Gasteiger partial charge is 0.167 e. The van der Waals surface area contributed by atoms with Crippen LogP contribution in [0.5, 0.6) is 11.5 Å². The number of allylic oxidation sites excluding steroid dienone is 1. The largest absolute Gasteiger partial charge is 0.497 e. The van der Waals surface area contributed by atoms with Crippen LogP contribution in [0.3, 0.4) is 0 Å². The van der Waals surface area contributed by atoms with Gasteiger partial charge in [0.15, 0.2) is 11.5 Å². The normalized spacial score (nSPS) is 35.6. The van der Waals surface area contributed by atoms with Crippen LogP contribution < -0.4 is 9.47 Å². The van der Waals surface area contributed by atoms with Crippen LogP contribution in [-0.2, 0) is 16.6 Å². The lowest BCUT2D eigenvalue weighted by atomic mass is 9.53. The highest BCUT2D eigenvalue weighted by atomic mass is 16.5. The standard InChI is InChI=1S/C20H23NO3/c1-19-11-13(22-3)10-14-15-9-12-5-6-16(23-4)18(24-19)17(12)20(14,19)7-8-21(15)2/h5-6,10-11,15H,7-9H2,1-4H3/t15-,19+,20-/m1/s1. The Morgan fingerprint density at radius 2 is 2.08 bits per heavy atom. The molecule has 2 heterocycles. The predicted octanol–water partition coefficient (Wildman–Crippen LogP) is 2.81. The topological polar surface area (TPSA) is 30.9 Å². The maximum atomic E-state index is 6.61. The Kier molecular flexibility index (Phi) is 2.62. The van der Waals surface area contributed by atoms with Crippen molar-refractivity contribution in [3.8, 4) is 11.5 Å². The van der Waals surface area contributed by atoms with Crippen LogP contribution in [-0.4, -0.2) is 44.4 Å². The maximum absolute atomic E-state index is 6.61. The Balaban J connectivity index is 1.87. The van der Waals surface area contributed by atoms with Gasteiger partial charge in [0.05, 0.1) is 19.6 Å². The van der Waals surface area contributed by atoms with Crippen LogP contribution in [0.4, 0.5) is 0 Å². The first-order valence-electron chi connectivity index (χ1n) is 8.62. The predicted molar refractivity (Wildman–Crippen MR) is 91.6 cm³/mol. The van der Waals surface area contributed by atoms with Crippen molar-refractivity contribution in [2.24, 2.45) is 0 Å². The molecule has 4 heteroatoms. The van der Waals surface area contributed by atoms with Crippen LogP contribution in [0.1, 0.15) is 24.5 Å². The van der Waals surface area contributed by atoms with E-state index < -0.39 is 5.60 Å². The highest BCUT2D eigenvalue weighted by molar-refractivity contribution is 5.69. The molecule has 0 amide bonds. The highest BCUT2D eigenvalue weighted by Gasteiger charge is 2.66.